The molecule has 0 radical (unpaired) electrons. The fraction of sp³-hybridized carbons (Fsp3) is 0. The third-order valence-electron chi connectivity index (χ3n) is 19.0. The molecule has 0 aliphatic rings. The lowest BCUT2D eigenvalue weighted by molar-refractivity contribution is 0.631. The van der Waals surface area contributed by atoms with E-state index in [0.717, 1.165) is 188 Å². The summed E-state index contributed by atoms with van der Waals surface area (Å²) in [6, 6.07) is 97.1. The van der Waals surface area contributed by atoms with Crippen LogP contribution in [0, 0.1) is 0 Å². The zero-order valence-electron chi connectivity index (χ0n) is 49.3. The Morgan fingerprint density at radius 1 is 0.172 bits per heavy atom. The first-order valence-electron chi connectivity index (χ1n) is 31.1. The van der Waals surface area contributed by atoms with E-state index in [1.54, 1.807) is 0 Å². The van der Waals surface area contributed by atoms with Gasteiger partial charge >= 0.3 is 0 Å². The fourth-order valence-corrected chi connectivity index (χ4v) is 14.6. The maximum atomic E-state index is 6.90. The van der Waals surface area contributed by atoms with E-state index in [0.29, 0.717) is 0 Å². The molecule has 0 bridgehead atoms. The van der Waals surface area contributed by atoms with E-state index < -0.39 is 0 Å². The summed E-state index contributed by atoms with van der Waals surface area (Å²) in [4.78, 5) is 4.50. The second-order valence-corrected chi connectivity index (χ2v) is 24.3. The highest BCUT2D eigenvalue weighted by molar-refractivity contribution is 6.22. The van der Waals surface area contributed by atoms with Crippen LogP contribution in [0.15, 0.2) is 310 Å². The molecule has 0 saturated heterocycles. The predicted molar refractivity (Wildman–Crippen MR) is 378 cm³/mol. The van der Waals surface area contributed by atoms with Crippen molar-refractivity contribution in [3.63, 3.8) is 0 Å². The first kappa shape index (κ1) is 50.2. The van der Waals surface area contributed by atoms with Crippen molar-refractivity contribution in [3.8, 4) is 22.6 Å². The molecule has 21 rings (SSSR count). The molecule has 0 unspecified atom stereocenters. The molecule has 0 spiro atoms. The lowest BCUT2D eigenvalue weighted by atomic mass is 10.0. The van der Waals surface area contributed by atoms with Gasteiger partial charge in [-0.3, -0.25) is 0 Å². The number of fused-ring (bicyclic) bond motifs is 21. The molecule has 0 saturated carbocycles. The Labute approximate surface area is 526 Å². The maximum Gasteiger partial charge on any atom is 0.137 e. The molecule has 9 nitrogen and oxygen atoms in total. The van der Waals surface area contributed by atoms with Gasteiger partial charge in [-0.1, -0.05) is 97.1 Å². The Morgan fingerprint density at radius 2 is 0.484 bits per heavy atom. The molecular formula is C84H46N2O7. The standard InChI is InChI=1S/C84H46N2O7/c1-5-13-59-47(9-1)21-35-71-83(59)63-33-29-57(41-77(63)89-71)85(53-23-17-49(18-24-53)73-37-51-11-3-7-15-69(51)87-73)55-27-31-61-65-43-81-67(45-79(65)91-75(61)39-55)68-46-80-66(44-82(68)93-81)62-32-28-56(40-76(62)92-80)86(54-25-19-50(20-26-54)74-38-52-12-4-8-16-70(52)88-74)58-30-34-64-78(42-58)90-72-36-22-48-10-2-6-14-60(48)84(64)72/h1-46H. The van der Waals surface area contributed by atoms with Crippen molar-refractivity contribution in [1.29, 1.82) is 0 Å². The van der Waals surface area contributed by atoms with E-state index in [1.165, 1.54) is 21.5 Å². The van der Waals surface area contributed by atoms with E-state index in [1.807, 2.05) is 36.4 Å². The number of furan rings is 7. The van der Waals surface area contributed by atoms with Crippen LogP contribution in [-0.4, -0.2) is 0 Å². The van der Waals surface area contributed by atoms with Crippen LogP contribution in [0.4, 0.5) is 34.1 Å². The molecule has 434 valence electrons. The normalized spacial score (nSPS) is 12.3. The smallest absolute Gasteiger partial charge is 0.137 e. The van der Waals surface area contributed by atoms with E-state index in [-0.39, 0.29) is 0 Å². The third-order valence-corrected chi connectivity index (χ3v) is 19.0. The largest absolute Gasteiger partial charge is 0.456 e. The lowest BCUT2D eigenvalue weighted by Crippen LogP contribution is -2.09. The number of benzene rings is 14. The van der Waals surface area contributed by atoms with Gasteiger partial charge in [-0.2, -0.15) is 0 Å². The molecule has 14 aromatic carbocycles. The molecule has 21 aromatic rings. The highest BCUT2D eigenvalue weighted by Gasteiger charge is 2.24. The van der Waals surface area contributed by atoms with Gasteiger partial charge in [-0.05, 0) is 179 Å². The quantitative estimate of drug-likeness (QED) is 0.147. The summed E-state index contributed by atoms with van der Waals surface area (Å²) in [7, 11) is 0. The van der Waals surface area contributed by atoms with Gasteiger partial charge in [0.25, 0.3) is 0 Å². The molecule has 0 atom stereocenters. The summed E-state index contributed by atoms with van der Waals surface area (Å²) < 4.78 is 46.5. The summed E-state index contributed by atoms with van der Waals surface area (Å²) in [5, 5.41) is 16.9. The zero-order valence-corrected chi connectivity index (χ0v) is 49.3. The highest BCUT2D eigenvalue weighted by Crippen LogP contribution is 2.47. The summed E-state index contributed by atoms with van der Waals surface area (Å²) in [5.74, 6) is 1.63. The van der Waals surface area contributed by atoms with Crippen molar-refractivity contribution < 1.29 is 30.9 Å². The second kappa shape index (κ2) is 18.9. The van der Waals surface area contributed by atoms with Crippen molar-refractivity contribution in [2.75, 3.05) is 9.80 Å². The molecule has 0 aliphatic heterocycles. The SMILES string of the molecule is c1ccc2oc(-c3ccc(N(c4ccc5c(c4)oc4cc6c(cc45)oc4cc5c(cc46)oc4cc(N(c6ccc(-c7cc8ccccc8o7)cc6)c6ccc7c(c6)oc6ccc8ccccc8c67)ccc45)c4ccc5c(c4)oc4ccc6ccccc6c45)cc3)cc2c1. The Hall–Kier alpha value is -12.7. The highest BCUT2D eigenvalue weighted by atomic mass is 16.4. The van der Waals surface area contributed by atoms with Gasteiger partial charge in [-0.25, -0.2) is 0 Å². The van der Waals surface area contributed by atoms with Crippen molar-refractivity contribution in [3.05, 3.63) is 279 Å². The number of rotatable bonds is 8. The molecular weight excluding hydrogens is 1150 g/mol. The topological polar surface area (TPSA) is 98.5 Å². The molecule has 93 heavy (non-hydrogen) atoms. The molecule has 0 N–H and O–H groups in total. The van der Waals surface area contributed by atoms with Gasteiger partial charge < -0.3 is 40.7 Å². The number of nitrogens with zero attached hydrogens (tertiary/aromatic N) is 2. The first-order chi connectivity index (χ1) is 46.0. The second-order valence-electron chi connectivity index (χ2n) is 24.3. The van der Waals surface area contributed by atoms with Gasteiger partial charge in [0.2, 0.25) is 0 Å². The van der Waals surface area contributed by atoms with Crippen LogP contribution < -0.4 is 9.80 Å². The first-order valence-corrected chi connectivity index (χ1v) is 31.1. The van der Waals surface area contributed by atoms with Gasteiger partial charge in [0.15, 0.2) is 0 Å². The summed E-state index contributed by atoms with van der Waals surface area (Å²) in [5.41, 5.74) is 17.2. The molecule has 7 heterocycles. The molecule has 9 heteroatoms. The average Bonchev–Trinajstić information content (AvgIpc) is 1.64. The number of anilines is 6. The minimum absolute atomic E-state index is 0.748. The van der Waals surface area contributed by atoms with Crippen LogP contribution in [0.5, 0.6) is 0 Å². The molecule has 0 amide bonds. The summed E-state index contributed by atoms with van der Waals surface area (Å²) >= 11 is 0. The van der Waals surface area contributed by atoms with E-state index >= 15 is 0 Å². The van der Waals surface area contributed by atoms with Crippen molar-refractivity contribution >= 4 is 187 Å². The molecule has 0 aliphatic carbocycles. The zero-order chi connectivity index (χ0) is 60.6. The number of hydrogen-bond donors (Lipinski definition) is 0. The Bertz CT molecular complexity index is 6240. The van der Waals surface area contributed by atoms with Crippen LogP contribution >= 0.6 is 0 Å². The minimum Gasteiger partial charge on any atom is -0.456 e. The predicted octanol–water partition coefficient (Wildman–Crippen LogP) is 25.3. The monoisotopic (exact) mass is 1190 g/mol. The Balaban J connectivity index is 0.660. The van der Waals surface area contributed by atoms with Crippen LogP contribution in [0.2, 0.25) is 0 Å². The van der Waals surface area contributed by atoms with Crippen molar-refractivity contribution in [2.45, 2.75) is 0 Å². The van der Waals surface area contributed by atoms with E-state index in [2.05, 4.69) is 252 Å². The number of para-hydroxylation sites is 2. The Morgan fingerprint density at radius 3 is 0.882 bits per heavy atom. The molecule has 0 fully saturated rings. The lowest BCUT2D eigenvalue weighted by Gasteiger charge is -2.25. The van der Waals surface area contributed by atoms with Crippen LogP contribution in [-0.2, 0) is 0 Å². The van der Waals surface area contributed by atoms with Crippen LogP contribution in [0.1, 0.15) is 0 Å². The summed E-state index contributed by atoms with van der Waals surface area (Å²) in [6.07, 6.45) is 0. The van der Waals surface area contributed by atoms with Gasteiger partial charge in [0.1, 0.15) is 78.5 Å². The molecule has 7 aromatic heterocycles. The number of hydrogen-bond acceptors (Lipinski definition) is 9. The van der Waals surface area contributed by atoms with Crippen LogP contribution in [0.25, 0.3) is 176 Å². The van der Waals surface area contributed by atoms with E-state index in [9.17, 15) is 0 Å². The summed E-state index contributed by atoms with van der Waals surface area (Å²) in [6.45, 7) is 0. The van der Waals surface area contributed by atoms with Crippen molar-refractivity contribution in [2.24, 2.45) is 0 Å². The van der Waals surface area contributed by atoms with Gasteiger partial charge in [-0.15, -0.1) is 0 Å². The van der Waals surface area contributed by atoms with E-state index in [4.69, 9.17) is 30.9 Å². The van der Waals surface area contributed by atoms with Crippen LogP contribution in [0.3, 0.4) is 0 Å². The third kappa shape index (κ3) is 7.62. The van der Waals surface area contributed by atoms with Crippen molar-refractivity contribution in [1.82, 2.24) is 0 Å². The fourth-order valence-electron chi connectivity index (χ4n) is 14.6. The van der Waals surface area contributed by atoms with Gasteiger partial charge in [0, 0.05) is 134 Å². The average molecular weight is 1200 g/mol. The maximum absolute atomic E-state index is 6.90. The minimum atomic E-state index is 0.748. The Kier molecular flexibility index (Phi) is 10.2. The van der Waals surface area contributed by atoms with Gasteiger partial charge in [0.05, 0.1) is 0 Å².